The van der Waals surface area contributed by atoms with Crippen molar-refractivity contribution in [1.29, 1.82) is 0 Å². The fraction of sp³-hybridized carbons (Fsp3) is 0.294. The van der Waals surface area contributed by atoms with E-state index >= 15 is 0 Å². The van der Waals surface area contributed by atoms with Crippen molar-refractivity contribution >= 4 is 21.6 Å². The van der Waals surface area contributed by atoms with Crippen LogP contribution in [0.15, 0.2) is 28.7 Å². The van der Waals surface area contributed by atoms with E-state index in [1.165, 1.54) is 16.7 Å². The maximum absolute atomic E-state index is 9.83. The Balaban J connectivity index is 2.23. The molecule has 4 heteroatoms. The first-order chi connectivity index (χ1) is 9.92. The van der Waals surface area contributed by atoms with E-state index < -0.39 is 0 Å². The monoisotopic (exact) mass is 349 g/mol. The fourth-order valence-corrected chi connectivity index (χ4v) is 3.02. The van der Waals surface area contributed by atoms with Gasteiger partial charge in [-0.3, -0.25) is 0 Å². The second-order valence-electron chi connectivity index (χ2n) is 5.26. The molecule has 0 bridgehead atoms. The van der Waals surface area contributed by atoms with Crippen LogP contribution in [-0.4, -0.2) is 12.2 Å². The summed E-state index contributed by atoms with van der Waals surface area (Å²) in [5.41, 5.74) is 5.93. The van der Waals surface area contributed by atoms with Crippen LogP contribution in [0.5, 0.6) is 11.5 Å². The first-order valence-corrected chi connectivity index (χ1v) is 7.58. The van der Waals surface area contributed by atoms with Crippen molar-refractivity contribution in [2.24, 2.45) is 0 Å². The molecule has 2 rings (SSSR count). The Hall–Kier alpha value is -1.68. The molecule has 0 fully saturated rings. The van der Waals surface area contributed by atoms with Crippen molar-refractivity contribution in [3.8, 4) is 11.5 Å². The standard InChI is InChI=1S/C17H20BrNO2/c1-10-5-11(2)16(12(3)6-10)19-9-13-7-14(18)17(20)15(8-13)21-4/h5-8,19-20H,9H2,1-4H3. The Morgan fingerprint density at radius 3 is 2.29 bits per heavy atom. The lowest BCUT2D eigenvalue weighted by molar-refractivity contribution is 0.371. The number of hydrogen-bond donors (Lipinski definition) is 2. The van der Waals surface area contributed by atoms with Crippen LogP contribution in [0.4, 0.5) is 5.69 Å². The van der Waals surface area contributed by atoms with Gasteiger partial charge >= 0.3 is 0 Å². The summed E-state index contributed by atoms with van der Waals surface area (Å²) in [6.07, 6.45) is 0. The highest BCUT2D eigenvalue weighted by molar-refractivity contribution is 9.10. The third-order valence-electron chi connectivity index (χ3n) is 3.45. The Morgan fingerprint density at radius 2 is 1.71 bits per heavy atom. The second kappa shape index (κ2) is 6.39. The normalized spacial score (nSPS) is 10.5. The lowest BCUT2D eigenvalue weighted by Gasteiger charge is -2.15. The summed E-state index contributed by atoms with van der Waals surface area (Å²) in [6.45, 7) is 6.98. The third-order valence-corrected chi connectivity index (χ3v) is 4.06. The minimum Gasteiger partial charge on any atom is -0.503 e. The highest BCUT2D eigenvalue weighted by Crippen LogP contribution is 2.35. The van der Waals surface area contributed by atoms with Gasteiger partial charge in [-0.25, -0.2) is 0 Å². The van der Waals surface area contributed by atoms with E-state index in [-0.39, 0.29) is 5.75 Å². The van der Waals surface area contributed by atoms with Crippen molar-refractivity contribution in [2.45, 2.75) is 27.3 Å². The van der Waals surface area contributed by atoms with Crippen LogP contribution in [0.25, 0.3) is 0 Å². The van der Waals surface area contributed by atoms with E-state index in [0.717, 1.165) is 11.3 Å². The number of benzene rings is 2. The Kier molecular flexibility index (Phi) is 4.78. The molecule has 0 atom stereocenters. The maximum atomic E-state index is 9.83. The molecule has 0 spiro atoms. The highest BCUT2D eigenvalue weighted by Gasteiger charge is 2.09. The van der Waals surface area contributed by atoms with Gasteiger partial charge in [-0.05, 0) is 65.5 Å². The van der Waals surface area contributed by atoms with Gasteiger partial charge in [-0.1, -0.05) is 17.7 Å². The van der Waals surface area contributed by atoms with E-state index in [9.17, 15) is 5.11 Å². The number of anilines is 1. The number of aromatic hydroxyl groups is 1. The lowest BCUT2D eigenvalue weighted by Crippen LogP contribution is -2.04. The summed E-state index contributed by atoms with van der Waals surface area (Å²) in [6, 6.07) is 8.07. The number of ether oxygens (including phenoxy) is 1. The van der Waals surface area contributed by atoms with Gasteiger partial charge in [-0.15, -0.1) is 0 Å². The number of rotatable bonds is 4. The molecular weight excluding hydrogens is 330 g/mol. The van der Waals surface area contributed by atoms with Crippen molar-refractivity contribution in [3.63, 3.8) is 0 Å². The molecule has 2 aromatic rings. The number of halogens is 1. The quantitative estimate of drug-likeness (QED) is 0.840. The summed E-state index contributed by atoms with van der Waals surface area (Å²) < 4.78 is 5.81. The first kappa shape index (κ1) is 15.7. The van der Waals surface area contributed by atoms with Crippen molar-refractivity contribution in [3.05, 3.63) is 51.0 Å². The van der Waals surface area contributed by atoms with Crippen LogP contribution in [-0.2, 0) is 6.54 Å². The fourth-order valence-electron chi connectivity index (χ4n) is 2.53. The summed E-state index contributed by atoms with van der Waals surface area (Å²) in [4.78, 5) is 0. The number of nitrogens with one attached hydrogen (secondary N) is 1. The zero-order valence-electron chi connectivity index (χ0n) is 12.7. The Morgan fingerprint density at radius 1 is 1.10 bits per heavy atom. The molecule has 0 aliphatic rings. The predicted octanol–water partition coefficient (Wildman–Crippen LogP) is 4.70. The van der Waals surface area contributed by atoms with Gasteiger partial charge < -0.3 is 15.2 Å². The molecule has 21 heavy (non-hydrogen) atoms. The van der Waals surface area contributed by atoms with Crippen molar-refractivity contribution in [1.82, 2.24) is 0 Å². The van der Waals surface area contributed by atoms with Gasteiger partial charge in [0.15, 0.2) is 11.5 Å². The average molecular weight is 350 g/mol. The second-order valence-corrected chi connectivity index (χ2v) is 6.11. The highest BCUT2D eigenvalue weighted by atomic mass is 79.9. The third kappa shape index (κ3) is 3.50. The predicted molar refractivity (Wildman–Crippen MR) is 90.3 cm³/mol. The molecule has 0 radical (unpaired) electrons. The molecule has 0 unspecified atom stereocenters. The largest absolute Gasteiger partial charge is 0.503 e. The van der Waals surface area contributed by atoms with E-state index in [1.54, 1.807) is 7.11 Å². The van der Waals surface area contributed by atoms with E-state index in [1.807, 2.05) is 12.1 Å². The molecule has 0 aromatic heterocycles. The number of hydrogen-bond acceptors (Lipinski definition) is 3. The van der Waals surface area contributed by atoms with Gasteiger partial charge in [0.25, 0.3) is 0 Å². The minimum absolute atomic E-state index is 0.129. The zero-order chi connectivity index (χ0) is 15.6. The van der Waals surface area contributed by atoms with E-state index in [0.29, 0.717) is 16.8 Å². The molecular formula is C17H20BrNO2. The Labute approximate surface area is 134 Å². The van der Waals surface area contributed by atoms with Gasteiger partial charge in [0.1, 0.15) is 0 Å². The molecule has 0 heterocycles. The van der Waals surface area contributed by atoms with Gasteiger partial charge in [0.05, 0.1) is 11.6 Å². The lowest BCUT2D eigenvalue weighted by atomic mass is 10.0. The number of phenolic OH excluding ortho intramolecular Hbond substituents is 1. The van der Waals surface area contributed by atoms with E-state index in [4.69, 9.17) is 4.74 Å². The van der Waals surface area contributed by atoms with Crippen LogP contribution >= 0.6 is 15.9 Å². The van der Waals surface area contributed by atoms with Crippen LogP contribution in [0.3, 0.4) is 0 Å². The smallest absolute Gasteiger partial charge is 0.172 e. The molecule has 112 valence electrons. The van der Waals surface area contributed by atoms with Crippen LogP contribution in [0.2, 0.25) is 0 Å². The summed E-state index contributed by atoms with van der Waals surface area (Å²) in [7, 11) is 1.55. The minimum atomic E-state index is 0.129. The molecule has 2 N–H and O–H groups in total. The van der Waals surface area contributed by atoms with Crippen LogP contribution in [0.1, 0.15) is 22.3 Å². The van der Waals surface area contributed by atoms with Crippen molar-refractivity contribution < 1.29 is 9.84 Å². The molecule has 0 amide bonds. The Bertz CT molecular complexity index is 645. The zero-order valence-corrected chi connectivity index (χ0v) is 14.3. The van der Waals surface area contributed by atoms with E-state index in [2.05, 4.69) is 54.2 Å². The molecule has 3 nitrogen and oxygen atoms in total. The molecule has 0 saturated carbocycles. The van der Waals surface area contributed by atoms with Gasteiger partial charge in [0.2, 0.25) is 0 Å². The van der Waals surface area contributed by atoms with Crippen LogP contribution < -0.4 is 10.1 Å². The maximum Gasteiger partial charge on any atom is 0.172 e. The molecule has 0 aliphatic carbocycles. The first-order valence-electron chi connectivity index (χ1n) is 6.79. The van der Waals surface area contributed by atoms with Crippen LogP contribution in [0, 0.1) is 20.8 Å². The SMILES string of the molecule is COc1cc(CNc2c(C)cc(C)cc2C)cc(Br)c1O. The molecule has 0 aliphatic heterocycles. The summed E-state index contributed by atoms with van der Waals surface area (Å²) >= 11 is 3.34. The molecule has 0 saturated heterocycles. The summed E-state index contributed by atoms with van der Waals surface area (Å²) in [5, 5.41) is 13.3. The van der Waals surface area contributed by atoms with Gasteiger partial charge in [0, 0.05) is 12.2 Å². The molecule has 2 aromatic carbocycles. The summed E-state index contributed by atoms with van der Waals surface area (Å²) in [5.74, 6) is 0.600. The average Bonchev–Trinajstić information content (AvgIpc) is 2.41. The topological polar surface area (TPSA) is 41.5 Å². The number of methoxy groups -OCH3 is 1. The number of phenols is 1. The van der Waals surface area contributed by atoms with Crippen molar-refractivity contribution in [2.75, 3.05) is 12.4 Å². The number of aryl methyl sites for hydroxylation is 3. The van der Waals surface area contributed by atoms with Gasteiger partial charge in [-0.2, -0.15) is 0 Å².